The Balaban J connectivity index is 1.67. The first-order valence-corrected chi connectivity index (χ1v) is 9.16. The Morgan fingerprint density at radius 3 is 2.46 bits per heavy atom. The van der Waals surface area contributed by atoms with E-state index in [1.807, 2.05) is 36.5 Å². The SMILES string of the molecule is O=C(/C=C\c1cn(-c2ccccc2)nc1-c1ccc(F)cc1)N1CCOCC1. The van der Waals surface area contributed by atoms with Crippen LogP contribution in [0.25, 0.3) is 23.0 Å². The van der Waals surface area contributed by atoms with Crippen molar-refractivity contribution in [3.8, 4) is 16.9 Å². The molecule has 2 aromatic carbocycles. The molecule has 1 aromatic heterocycles. The van der Waals surface area contributed by atoms with E-state index in [1.165, 1.54) is 12.1 Å². The molecule has 0 unspecified atom stereocenters. The molecule has 3 aromatic rings. The number of amides is 1. The van der Waals surface area contributed by atoms with Gasteiger partial charge in [-0.25, -0.2) is 9.07 Å². The van der Waals surface area contributed by atoms with E-state index in [0.29, 0.717) is 32.0 Å². The van der Waals surface area contributed by atoms with Gasteiger partial charge in [0, 0.05) is 36.5 Å². The van der Waals surface area contributed by atoms with Crippen molar-refractivity contribution in [3.05, 3.63) is 78.3 Å². The third kappa shape index (κ3) is 4.02. The first-order valence-electron chi connectivity index (χ1n) is 9.16. The molecule has 0 atom stereocenters. The average molecular weight is 377 g/mol. The van der Waals surface area contributed by atoms with Gasteiger partial charge in [-0.15, -0.1) is 0 Å². The van der Waals surface area contributed by atoms with Gasteiger partial charge >= 0.3 is 0 Å². The summed E-state index contributed by atoms with van der Waals surface area (Å²) in [5, 5.41) is 4.67. The second-order valence-corrected chi connectivity index (χ2v) is 6.49. The maximum atomic E-state index is 13.3. The highest BCUT2D eigenvalue weighted by Crippen LogP contribution is 2.25. The van der Waals surface area contributed by atoms with Crippen LogP contribution in [0.1, 0.15) is 5.56 Å². The van der Waals surface area contributed by atoms with Crippen LogP contribution in [-0.4, -0.2) is 46.9 Å². The molecule has 2 heterocycles. The van der Waals surface area contributed by atoms with Crippen LogP contribution in [-0.2, 0) is 9.53 Å². The summed E-state index contributed by atoms with van der Waals surface area (Å²) < 4.78 is 20.4. The molecule has 28 heavy (non-hydrogen) atoms. The zero-order valence-corrected chi connectivity index (χ0v) is 15.3. The minimum Gasteiger partial charge on any atom is -0.378 e. The number of carbonyl (C=O) groups is 1. The van der Waals surface area contributed by atoms with Gasteiger partial charge in [0.1, 0.15) is 5.82 Å². The fourth-order valence-corrected chi connectivity index (χ4v) is 3.10. The summed E-state index contributed by atoms with van der Waals surface area (Å²) in [6.07, 6.45) is 5.20. The zero-order valence-electron chi connectivity index (χ0n) is 15.3. The molecule has 0 aliphatic carbocycles. The summed E-state index contributed by atoms with van der Waals surface area (Å²) in [6, 6.07) is 15.9. The van der Waals surface area contributed by atoms with Gasteiger partial charge in [-0.1, -0.05) is 18.2 Å². The number of hydrogen-bond donors (Lipinski definition) is 0. The lowest BCUT2D eigenvalue weighted by Gasteiger charge is -2.25. The van der Waals surface area contributed by atoms with Crippen LogP contribution in [0.4, 0.5) is 4.39 Å². The molecule has 1 aliphatic heterocycles. The lowest BCUT2D eigenvalue weighted by molar-refractivity contribution is -0.129. The summed E-state index contributed by atoms with van der Waals surface area (Å²) in [5.41, 5.74) is 3.17. The Labute approximate surface area is 162 Å². The van der Waals surface area contributed by atoms with Crippen molar-refractivity contribution in [3.63, 3.8) is 0 Å². The van der Waals surface area contributed by atoms with E-state index in [-0.39, 0.29) is 11.7 Å². The summed E-state index contributed by atoms with van der Waals surface area (Å²) in [4.78, 5) is 14.2. The van der Waals surface area contributed by atoms with Gasteiger partial charge < -0.3 is 9.64 Å². The molecule has 0 saturated carbocycles. The molecular weight excluding hydrogens is 357 g/mol. The molecule has 0 spiro atoms. The number of hydrogen-bond acceptors (Lipinski definition) is 3. The van der Waals surface area contributed by atoms with Crippen LogP contribution >= 0.6 is 0 Å². The fraction of sp³-hybridized carbons (Fsp3) is 0.182. The van der Waals surface area contributed by atoms with Crippen LogP contribution in [0.2, 0.25) is 0 Å². The highest BCUT2D eigenvalue weighted by molar-refractivity contribution is 5.93. The Bertz CT molecular complexity index is 975. The zero-order chi connectivity index (χ0) is 19.3. The smallest absolute Gasteiger partial charge is 0.246 e. The molecule has 4 rings (SSSR count). The van der Waals surface area contributed by atoms with E-state index in [9.17, 15) is 9.18 Å². The van der Waals surface area contributed by atoms with Crippen molar-refractivity contribution in [2.24, 2.45) is 0 Å². The molecular formula is C22H20FN3O2. The number of aromatic nitrogens is 2. The van der Waals surface area contributed by atoms with Crippen molar-refractivity contribution in [2.75, 3.05) is 26.3 Å². The molecule has 1 aliphatic rings. The van der Waals surface area contributed by atoms with E-state index in [2.05, 4.69) is 5.10 Å². The summed E-state index contributed by atoms with van der Waals surface area (Å²) in [7, 11) is 0. The quantitative estimate of drug-likeness (QED) is 0.654. The second-order valence-electron chi connectivity index (χ2n) is 6.49. The van der Waals surface area contributed by atoms with Crippen molar-refractivity contribution in [1.82, 2.24) is 14.7 Å². The van der Waals surface area contributed by atoms with Gasteiger partial charge in [0.05, 0.1) is 24.6 Å². The van der Waals surface area contributed by atoms with Gasteiger partial charge in [-0.2, -0.15) is 5.10 Å². The van der Waals surface area contributed by atoms with Crippen molar-refractivity contribution >= 4 is 12.0 Å². The molecule has 6 heteroatoms. The first kappa shape index (κ1) is 18.1. The lowest BCUT2D eigenvalue weighted by atomic mass is 10.1. The highest BCUT2D eigenvalue weighted by atomic mass is 19.1. The van der Waals surface area contributed by atoms with Crippen molar-refractivity contribution in [1.29, 1.82) is 0 Å². The number of rotatable bonds is 4. The van der Waals surface area contributed by atoms with Crippen molar-refractivity contribution in [2.45, 2.75) is 0 Å². The third-order valence-electron chi connectivity index (χ3n) is 4.61. The molecule has 5 nitrogen and oxygen atoms in total. The van der Waals surface area contributed by atoms with Crippen LogP contribution in [0, 0.1) is 5.82 Å². The monoisotopic (exact) mass is 377 g/mol. The summed E-state index contributed by atoms with van der Waals surface area (Å²) in [6.45, 7) is 2.31. The van der Waals surface area contributed by atoms with Crippen LogP contribution < -0.4 is 0 Å². The van der Waals surface area contributed by atoms with Gasteiger partial charge in [-0.3, -0.25) is 4.79 Å². The molecule has 0 radical (unpaired) electrons. The Hall–Kier alpha value is -3.25. The third-order valence-corrected chi connectivity index (χ3v) is 4.61. The number of carbonyl (C=O) groups excluding carboxylic acids is 1. The number of morpholine rings is 1. The Morgan fingerprint density at radius 2 is 1.75 bits per heavy atom. The summed E-state index contributed by atoms with van der Waals surface area (Å²) >= 11 is 0. The number of para-hydroxylation sites is 1. The predicted molar refractivity (Wildman–Crippen MR) is 105 cm³/mol. The van der Waals surface area contributed by atoms with Gasteiger partial charge in [0.15, 0.2) is 0 Å². The molecule has 0 N–H and O–H groups in total. The average Bonchev–Trinajstić information content (AvgIpc) is 3.18. The predicted octanol–water partition coefficient (Wildman–Crippen LogP) is 3.55. The minimum absolute atomic E-state index is 0.0548. The van der Waals surface area contributed by atoms with Crippen molar-refractivity contribution < 1.29 is 13.9 Å². The topological polar surface area (TPSA) is 47.4 Å². The van der Waals surface area contributed by atoms with Gasteiger partial charge in [0.2, 0.25) is 5.91 Å². The molecule has 142 valence electrons. The Morgan fingerprint density at radius 1 is 1.04 bits per heavy atom. The van der Waals surface area contributed by atoms with E-state index < -0.39 is 0 Å². The van der Waals surface area contributed by atoms with E-state index >= 15 is 0 Å². The standard InChI is InChI=1S/C22H20FN3O2/c23-19-9-6-17(7-10-19)22-18(8-11-21(27)25-12-14-28-15-13-25)16-26(24-22)20-4-2-1-3-5-20/h1-11,16H,12-15H2/b11-8-. The number of benzene rings is 2. The molecule has 1 fully saturated rings. The molecule has 0 bridgehead atoms. The number of ether oxygens (including phenoxy) is 1. The summed E-state index contributed by atoms with van der Waals surface area (Å²) in [5.74, 6) is -0.355. The first-order chi connectivity index (χ1) is 13.7. The van der Waals surface area contributed by atoms with Crippen LogP contribution in [0.15, 0.2) is 66.9 Å². The molecule has 1 amide bonds. The normalized spacial score (nSPS) is 14.5. The van der Waals surface area contributed by atoms with E-state index in [0.717, 1.165) is 16.8 Å². The maximum absolute atomic E-state index is 13.3. The Kier molecular flexibility index (Phi) is 5.30. The number of nitrogens with zero attached hydrogens (tertiary/aromatic N) is 3. The second kappa shape index (κ2) is 8.19. The van der Waals surface area contributed by atoms with Gasteiger partial charge in [-0.05, 0) is 42.5 Å². The van der Waals surface area contributed by atoms with Crippen LogP contribution in [0.5, 0.6) is 0 Å². The largest absolute Gasteiger partial charge is 0.378 e. The minimum atomic E-state index is -0.300. The van der Waals surface area contributed by atoms with E-state index in [1.54, 1.807) is 33.9 Å². The van der Waals surface area contributed by atoms with E-state index in [4.69, 9.17) is 4.74 Å². The highest BCUT2D eigenvalue weighted by Gasteiger charge is 2.15. The number of halogens is 1. The fourth-order valence-electron chi connectivity index (χ4n) is 3.10. The van der Waals surface area contributed by atoms with Crippen LogP contribution in [0.3, 0.4) is 0 Å². The maximum Gasteiger partial charge on any atom is 0.246 e. The molecule has 1 saturated heterocycles. The lowest BCUT2D eigenvalue weighted by Crippen LogP contribution is -2.39. The van der Waals surface area contributed by atoms with Gasteiger partial charge in [0.25, 0.3) is 0 Å².